The van der Waals surface area contributed by atoms with Gasteiger partial charge in [-0.05, 0) is 36.8 Å². The van der Waals surface area contributed by atoms with Crippen molar-refractivity contribution >= 4 is 40.4 Å². The van der Waals surface area contributed by atoms with Crippen LogP contribution in [-0.2, 0) is 6.54 Å². The molecule has 4 rings (SSSR count). The molecule has 0 spiro atoms. The molecule has 0 atom stereocenters. The highest BCUT2D eigenvalue weighted by Gasteiger charge is 2.18. The summed E-state index contributed by atoms with van der Waals surface area (Å²) in [5, 5.41) is 5.63. The number of thiazole rings is 1. The summed E-state index contributed by atoms with van der Waals surface area (Å²) in [7, 11) is 0. The van der Waals surface area contributed by atoms with Crippen LogP contribution in [0.2, 0.25) is 4.47 Å². The summed E-state index contributed by atoms with van der Waals surface area (Å²) in [6.07, 6.45) is 0. The van der Waals surface area contributed by atoms with Gasteiger partial charge in [0.25, 0.3) is 11.8 Å². The van der Waals surface area contributed by atoms with E-state index in [4.69, 9.17) is 21.1 Å². The normalized spacial score (nSPS) is 11.9. The molecule has 0 radical (unpaired) electrons. The highest BCUT2D eigenvalue weighted by Crippen LogP contribution is 2.32. The van der Waals surface area contributed by atoms with E-state index in [1.807, 2.05) is 12.1 Å². The van der Waals surface area contributed by atoms with E-state index in [1.165, 1.54) is 0 Å². The molecule has 29 heavy (non-hydrogen) atoms. The monoisotopic (exact) mass is 429 g/mol. The highest BCUT2D eigenvalue weighted by molar-refractivity contribution is 7.17. The lowest BCUT2D eigenvalue weighted by atomic mass is 10.1. The third-order valence-corrected chi connectivity index (χ3v) is 5.55. The Morgan fingerprint density at radius 3 is 2.72 bits per heavy atom. The van der Waals surface area contributed by atoms with Crippen LogP contribution in [0.4, 0.5) is 5.69 Å². The van der Waals surface area contributed by atoms with E-state index in [9.17, 15) is 9.59 Å². The fourth-order valence-electron chi connectivity index (χ4n) is 2.87. The van der Waals surface area contributed by atoms with E-state index in [-0.39, 0.29) is 18.6 Å². The smallest absolute Gasteiger partial charge is 0.267 e. The first kappa shape index (κ1) is 19.2. The number of nitrogens with one attached hydrogen (secondary N) is 2. The average Bonchev–Trinajstić information content (AvgIpc) is 3.31. The average molecular weight is 430 g/mol. The van der Waals surface area contributed by atoms with Crippen LogP contribution in [-0.4, -0.2) is 23.6 Å². The Balaban J connectivity index is 1.46. The minimum Gasteiger partial charge on any atom is -0.454 e. The van der Waals surface area contributed by atoms with Gasteiger partial charge in [-0.25, -0.2) is 4.98 Å². The van der Waals surface area contributed by atoms with Crippen molar-refractivity contribution in [1.82, 2.24) is 10.3 Å². The number of benzene rings is 2. The molecule has 0 saturated carbocycles. The second kappa shape index (κ2) is 8.10. The molecule has 1 aliphatic rings. The lowest BCUT2D eigenvalue weighted by molar-refractivity contribution is 0.0951. The van der Waals surface area contributed by atoms with Crippen LogP contribution < -0.4 is 20.1 Å². The minimum atomic E-state index is -0.358. The van der Waals surface area contributed by atoms with Crippen molar-refractivity contribution in [2.24, 2.45) is 0 Å². The molecule has 9 heteroatoms. The van der Waals surface area contributed by atoms with E-state index < -0.39 is 0 Å². The van der Waals surface area contributed by atoms with Gasteiger partial charge in [-0.1, -0.05) is 41.1 Å². The van der Waals surface area contributed by atoms with E-state index >= 15 is 0 Å². The second-order valence-electron chi connectivity index (χ2n) is 6.25. The molecule has 0 unspecified atom stereocenters. The van der Waals surface area contributed by atoms with Gasteiger partial charge in [0.05, 0.1) is 16.9 Å². The Bertz CT molecular complexity index is 1100. The van der Waals surface area contributed by atoms with Crippen molar-refractivity contribution in [2.45, 2.75) is 13.5 Å². The number of carbonyl (C=O) groups is 2. The van der Waals surface area contributed by atoms with Crippen molar-refractivity contribution in [3.63, 3.8) is 0 Å². The zero-order valence-electron chi connectivity index (χ0n) is 15.3. The third kappa shape index (κ3) is 4.18. The number of ether oxygens (including phenoxy) is 2. The summed E-state index contributed by atoms with van der Waals surface area (Å²) in [5.74, 6) is 0.676. The number of halogens is 1. The molecule has 2 amide bonds. The lowest BCUT2D eigenvalue weighted by Gasteiger charge is -2.11. The first-order chi connectivity index (χ1) is 14.0. The molecule has 2 aromatic carbocycles. The van der Waals surface area contributed by atoms with Crippen molar-refractivity contribution in [1.29, 1.82) is 0 Å². The van der Waals surface area contributed by atoms with E-state index in [0.29, 0.717) is 44.3 Å². The van der Waals surface area contributed by atoms with E-state index in [2.05, 4.69) is 15.6 Å². The molecule has 3 aromatic rings. The molecule has 1 aliphatic heterocycles. The Morgan fingerprint density at radius 2 is 1.93 bits per heavy atom. The van der Waals surface area contributed by atoms with Gasteiger partial charge in [-0.15, -0.1) is 0 Å². The Labute approximate surface area is 175 Å². The van der Waals surface area contributed by atoms with Gasteiger partial charge in [-0.2, -0.15) is 0 Å². The maximum atomic E-state index is 12.7. The SMILES string of the molecule is Cc1nc(Cl)sc1C(=O)Nc1ccccc1C(=O)NCc1ccc2c(c1)OCO2. The number of anilines is 1. The maximum absolute atomic E-state index is 12.7. The molecule has 0 fully saturated rings. The van der Waals surface area contributed by atoms with Gasteiger partial charge in [-0.3, -0.25) is 9.59 Å². The zero-order valence-corrected chi connectivity index (χ0v) is 16.9. The molecular formula is C20H16ClN3O4S. The second-order valence-corrected chi connectivity index (χ2v) is 7.83. The Hall–Kier alpha value is -3.10. The van der Waals surface area contributed by atoms with Gasteiger partial charge >= 0.3 is 0 Å². The lowest BCUT2D eigenvalue weighted by Crippen LogP contribution is -2.24. The summed E-state index contributed by atoms with van der Waals surface area (Å²) in [6, 6.07) is 12.3. The first-order valence-corrected chi connectivity index (χ1v) is 9.91. The number of fused-ring (bicyclic) bond motifs is 1. The molecule has 0 aliphatic carbocycles. The summed E-state index contributed by atoms with van der Waals surface area (Å²) < 4.78 is 10.9. The number of hydrogen-bond donors (Lipinski definition) is 2. The Morgan fingerprint density at radius 1 is 1.14 bits per heavy atom. The first-order valence-electron chi connectivity index (χ1n) is 8.71. The zero-order chi connectivity index (χ0) is 20.4. The molecule has 148 valence electrons. The molecule has 0 bridgehead atoms. The number of carbonyl (C=O) groups excluding carboxylic acids is 2. The highest BCUT2D eigenvalue weighted by atomic mass is 35.5. The Kier molecular flexibility index (Phi) is 5.37. The number of aromatic nitrogens is 1. The molecule has 2 heterocycles. The van der Waals surface area contributed by atoms with Crippen molar-refractivity contribution < 1.29 is 19.1 Å². The molecule has 0 saturated heterocycles. The van der Waals surface area contributed by atoms with Gasteiger partial charge in [0.2, 0.25) is 6.79 Å². The van der Waals surface area contributed by atoms with Gasteiger partial charge in [0.15, 0.2) is 16.0 Å². The van der Waals surface area contributed by atoms with Crippen LogP contribution in [0, 0.1) is 6.92 Å². The number of rotatable bonds is 5. The van der Waals surface area contributed by atoms with Crippen LogP contribution >= 0.6 is 22.9 Å². The summed E-state index contributed by atoms with van der Waals surface area (Å²) >= 11 is 6.97. The number of nitrogens with zero attached hydrogens (tertiary/aromatic N) is 1. The van der Waals surface area contributed by atoms with Crippen LogP contribution in [0.25, 0.3) is 0 Å². The number of hydrogen-bond acceptors (Lipinski definition) is 6. The van der Waals surface area contributed by atoms with Gasteiger partial charge in [0.1, 0.15) is 4.88 Å². The summed E-state index contributed by atoms with van der Waals surface area (Å²) in [4.78, 5) is 29.7. The third-order valence-electron chi connectivity index (χ3n) is 4.29. The van der Waals surface area contributed by atoms with Crippen LogP contribution in [0.5, 0.6) is 11.5 Å². The minimum absolute atomic E-state index is 0.197. The van der Waals surface area contributed by atoms with Crippen LogP contribution in [0.3, 0.4) is 0 Å². The summed E-state index contributed by atoms with van der Waals surface area (Å²) in [6.45, 7) is 2.21. The number of amides is 2. The molecule has 7 nitrogen and oxygen atoms in total. The predicted molar refractivity (Wildman–Crippen MR) is 110 cm³/mol. The van der Waals surface area contributed by atoms with E-state index in [0.717, 1.165) is 16.9 Å². The van der Waals surface area contributed by atoms with Crippen LogP contribution in [0.1, 0.15) is 31.3 Å². The molecule has 1 aromatic heterocycles. The quantitative estimate of drug-likeness (QED) is 0.639. The fourth-order valence-corrected chi connectivity index (χ4v) is 3.92. The number of para-hydroxylation sites is 1. The topological polar surface area (TPSA) is 89.6 Å². The van der Waals surface area contributed by atoms with E-state index in [1.54, 1.807) is 37.3 Å². The van der Waals surface area contributed by atoms with Crippen molar-refractivity contribution in [2.75, 3.05) is 12.1 Å². The summed E-state index contributed by atoms with van der Waals surface area (Å²) in [5.41, 5.74) is 2.18. The molecular weight excluding hydrogens is 414 g/mol. The standard InChI is InChI=1S/C20H16ClN3O4S/c1-11-17(29-20(21)23-11)19(26)24-14-5-3-2-4-13(14)18(25)22-9-12-6-7-15-16(8-12)28-10-27-15/h2-8H,9-10H2,1H3,(H,22,25)(H,24,26). The molecule has 2 N–H and O–H groups in total. The predicted octanol–water partition coefficient (Wildman–Crippen LogP) is 4.02. The number of aryl methyl sites for hydroxylation is 1. The van der Waals surface area contributed by atoms with Gasteiger partial charge < -0.3 is 20.1 Å². The van der Waals surface area contributed by atoms with Crippen LogP contribution in [0.15, 0.2) is 42.5 Å². The largest absolute Gasteiger partial charge is 0.454 e. The fraction of sp³-hybridized carbons (Fsp3) is 0.150. The van der Waals surface area contributed by atoms with Gasteiger partial charge in [0, 0.05) is 6.54 Å². The maximum Gasteiger partial charge on any atom is 0.267 e. The van der Waals surface area contributed by atoms with Crippen molar-refractivity contribution in [3.05, 3.63) is 68.6 Å². The van der Waals surface area contributed by atoms with Crippen molar-refractivity contribution in [3.8, 4) is 11.5 Å².